The molecule has 9 heteroatoms. The molecule has 9 nitrogen and oxygen atoms in total. The molecular weight excluding hydrogens is 486 g/mol. The quantitative estimate of drug-likeness (QED) is 0.203. The topological polar surface area (TPSA) is 125 Å². The van der Waals surface area contributed by atoms with Crippen molar-refractivity contribution in [3.8, 4) is 17.2 Å². The van der Waals surface area contributed by atoms with Crippen LogP contribution >= 0.6 is 0 Å². The molecular formula is C29H25N3O6. The van der Waals surface area contributed by atoms with Crippen LogP contribution in [0.5, 0.6) is 17.2 Å². The van der Waals surface area contributed by atoms with Crippen molar-refractivity contribution in [2.24, 2.45) is 0 Å². The molecule has 2 aliphatic heterocycles. The maximum atomic E-state index is 13.5. The predicted octanol–water partition coefficient (Wildman–Crippen LogP) is 4.62. The number of nitrogens with one attached hydrogen (secondary N) is 1. The first-order valence-corrected chi connectivity index (χ1v) is 12.4. The van der Waals surface area contributed by atoms with Crippen molar-refractivity contribution < 1.29 is 29.3 Å². The van der Waals surface area contributed by atoms with Crippen LogP contribution in [-0.2, 0) is 16.0 Å². The van der Waals surface area contributed by atoms with Gasteiger partial charge in [0.05, 0.1) is 29.3 Å². The molecule has 1 amide bonds. The van der Waals surface area contributed by atoms with E-state index in [1.54, 1.807) is 43.3 Å². The summed E-state index contributed by atoms with van der Waals surface area (Å²) >= 11 is 0. The minimum atomic E-state index is -1.03. The molecule has 2 atom stereocenters. The molecule has 2 unspecified atom stereocenters. The van der Waals surface area contributed by atoms with Gasteiger partial charge >= 0.3 is 5.91 Å². The maximum absolute atomic E-state index is 13.5. The fraction of sp³-hybridized carbons (Fsp3) is 0.207. The van der Waals surface area contributed by atoms with E-state index in [-0.39, 0.29) is 34.9 Å². The lowest BCUT2D eigenvalue weighted by Gasteiger charge is -2.23. The summed E-state index contributed by atoms with van der Waals surface area (Å²) in [4.78, 5) is 35.9. The van der Waals surface area contributed by atoms with E-state index in [0.29, 0.717) is 35.2 Å². The van der Waals surface area contributed by atoms with Crippen LogP contribution in [0.25, 0.3) is 16.8 Å². The Bertz CT molecular complexity index is 1610. The van der Waals surface area contributed by atoms with E-state index in [0.717, 1.165) is 11.3 Å². The molecule has 0 radical (unpaired) electrons. The number of aromatic nitrogens is 2. The number of H-pyrrole nitrogens is 1. The van der Waals surface area contributed by atoms with Crippen LogP contribution < -0.4 is 14.4 Å². The number of rotatable bonds is 5. The Hall–Kier alpha value is -4.79. The number of aliphatic hydroxyl groups excluding tert-OH is 1. The van der Waals surface area contributed by atoms with Gasteiger partial charge in [0.2, 0.25) is 5.95 Å². The zero-order valence-corrected chi connectivity index (χ0v) is 20.8. The third-order valence-electron chi connectivity index (χ3n) is 6.82. The number of aliphatic hydroxyl groups is 1. The minimum Gasteiger partial charge on any atom is -0.507 e. The number of Topliss-reactive ketones (excluding diaryl/α,β-unsaturated/α-hetero) is 1. The number of phenolic OH excluding ortho intramolecular Hbond substituents is 1. The zero-order chi connectivity index (χ0) is 26.6. The number of para-hydroxylation sites is 2. The number of hydrogen-bond acceptors (Lipinski definition) is 7. The number of ketones is 1. The molecule has 6 rings (SSSR count). The number of hydrogen-bond donors (Lipinski definition) is 3. The molecule has 0 aliphatic carbocycles. The summed E-state index contributed by atoms with van der Waals surface area (Å²) in [6.07, 6.45) is 0.679. The molecule has 1 aromatic heterocycles. The van der Waals surface area contributed by atoms with Crippen LogP contribution in [0, 0.1) is 0 Å². The highest BCUT2D eigenvalue weighted by Gasteiger charge is 2.48. The molecule has 0 saturated carbocycles. The van der Waals surface area contributed by atoms with E-state index >= 15 is 0 Å². The van der Waals surface area contributed by atoms with Crippen LogP contribution in [-0.4, -0.2) is 44.6 Å². The Labute approximate surface area is 218 Å². The van der Waals surface area contributed by atoms with Crippen molar-refractivity contribution in [2.75, 3.05) is 11.5 Å². The zero-order valence-electron chi connectivity index (χ0n) is 20.8. The lowest BCUT2D eigenvalue weighted by atomic mass is 9.94. The van der Waals surface area contributed by atoms with Crippen LogP contribution in [0.1, 0.15) is 36.6 Å². The number of carbonyl (C=O) groups excluding carboxylic acids is 2. The summed E-state index contributed by atoms with van der Waals surface area (Å²) in [5.41, 5.74) is 3.00. The van der Waals surface area contributed by atoms with E-state index in [4.69, 9.17) is 9.47 Å². The van der Waals surface area contributed by atoms with Gasteiger partial charge < -0.3 is 24.7 Å². The Morgan fingerprint density at radius 2 is 1.97 bits per heavy atom. The lowest BCUT2D eigenvalue weighted by molar-refractivity contribution is -0.132. The summed E-state index contributed by atoms with van der Waals surface area (Å²) in [5.74, 6) is -0.968. The minimum absolute atomic E-state index is 0.00930. The summed E-state index contributed by atoms with van der Waals surface area (Å²) < 4.78 is 11.3. The second-order valence-corrected chi connectivity index (χ2v) is 9.36. The van der Waals surface area contributed by atoms with Crippen molar-refractivity contribution in [1.29, 1.82) is 0 Å². The van der Waals surface area contributed by atoms with Gasteiger partial charge in [-0.25, -0.2) is 4.98 Å². The summed E-state index contributed by atoms with van der Waals surface area (Å²) in [6.45, 7) is 4.04. The molecule has 3 N–H and O–H groups in total. The van der Waals surface area contributed by atoms with E-state index < -0.39 is 17.7 Å². The predicted molar refractivity (Wildman–Crippen MR) is 140 cm³/mol. The van der Waals surface area contributed by atoms with Crippen molar-refractivity contribution in [3.63, 3.8) is 0 Å². The summed E-state index contributed by atoms with van der Waals surface area (Å²) in [7, 11) is 0. The molecule has 0 bridgehead atoms. The van der Waals surface area contributed by atoms with E-state index in [2.05, 4.69) is 9.97 Å². The number of carbonyl (C=O) groups is 2. The van der Waals surface area contributed by atoms with Gasteiger partial charge in [-0.2, -0.15) is 0 Å². The third-order valence-corrected chi connectivity index (χ3v) is 6.82. The molecule has 38 heavy (non-hydrogen) atoms. The van der Waals surface area contributed by atoms with Gasteiger partial charge in [0.1, 0.15) is 17.6 Å². The van der Waals surface area contributed by atoms with Crippen molar-refractivity contribution >= 4 is 34.4 Å². The maximum Gasteiger partial charge on any atom is 0.302 e. The average Bonchev–Trinajstić information content (AvgIpc) is 3.57. The molecule has 2 aliphatic rings. The average molecular weight is 512 g/mol. The van der Waals surface area contributed by atoms with Crippen molar-refractivity contribution in [3.05, 3.63) is 82.9 Å². The van der Waals surface area contributed by atoms with Crippen LogP contribution in [0.15, 0.2) is 66.2 Å². The first kappa shape index (κ1) is 23.6. The number of anilines is 1. The number of aromatic amines is 1. The number of ether oxygens (including phenoxy) is 2. The fourth-order valence-electron chi connectivity index (χ4n) is 5.12. The largest absolute Gasteiger partial charge is 0.507 e. The summed E-state index contributed by atoms with van der Waals surface area (Å²) in [6, 6.07) is 16.0. The highest BCUT2D eigenvalue weighted by atomic mass is 16.5. The highest BCUT2D eigenvalue weighted by molar-refractivity contribution is 6.51. The normalized spacial score (nSPS) is 20.1. The summed E-state index contributed by atoms with van der Waals surface area (Å²) in [5, 5.41) is 21.8. The highest BCUT2D eigenvalue weighted by Crippen LogP contribution is 2.44. The number of aromatic hydroxyl groups is 1. The van der Waals surface area contributed by atoms with E-state index in [1.165, 1.54) is 11.0 Å². The number of amides is 1. The first-order valence-electron chi connectivity index (χ1n) is 12.4. The van der Waals surface area contributed by atoms with Gasteiger partial charge in [-0.1, -0.05) is 18.2 Å². The molecule has 3 aromatic carbocycles. The van der Waals surface area contributed by atoms with E-state index in [9.17, 15) is 19.8 Å². The van der Waals surface area contributed by atoms with Crippen LogP contribution in [0.3, 0.4) is 0 Å². The van der Waals surface area contributed by atoms with Gasteiger partial charge in [-0.05, 0) is 67.4 Å². The Balaban J connectivity index is 1.55. The van der Waals surface area contributed by atoms with Crippen molar-refractivity contribution in [1.82, 2.24) is 9.97 Å². The molecule has 192 valence electrons. The molecule has 1 saturated heterocycles. The van der Waals surface area contributed by atoms with Gasteiger partial charge in [0.25, 0.3) is 5.78 Å². The standard InChI is InChI=1S/C29H25N3O6/c1-3-37-23-14-16(8-10-21(23)33)25-24(26(34)17-9-11-22-18(13-17)12-15(2)38-22)27(35)28(36)32(25)29-30-19-6-4-5-7-20(19)31-29/h4-11,13-15,25,33-34H,3,12H2,1-2H3,(H,30,31)/b26-24+. The van der Waals surface area contributed by atoms with Crippen LogP contribution in [0.2, 0.25) is 0 Å². The SMILES string of the molecule is CCOc1cc(C2/C(=C(\O)c3ccc4c(c3)CC(C)O4)C(=O)C(=O)N2c2nc3ccccc3[nH]2)ccc1O. The van der Waals surface area contributed by atoms with Gasteiger partial charge in [-0.15, -0.1) is 0 Å². The van der Waals surface area contributed by atoms with Crippen molar-refractivity contribution in [2.45, 2.75) is 32.4 Å². The number of phenols is 1. The van der Waals surface area contributed by atoms with Crippen LogP contribution in [0.4, 0.5) is 5.95 Å². The first-order chi connectivity index (χ1) is 18.4. The number of fused-ring (bicyclic) bond motifs is 2. The Morgan fingerprint density at radius 3 is 2.76 bits per heavy atom. The second kappa shape index (κ2) is 8.95. The lowest BCUT2D eigenvalue weighted by Crippen LogP contribution is -2.30. The fourth-order valence-corrected chi connectivity index (χ4v) is 5.12. The number of benzene rings is 3. The smallest absolute Gasteiger partial charge is 0.302 e. The Kier molecular flexibility index (Phi) is 5.56. The monoisotopic (exact) mass is 511 g/mol. The molecule has 0 spiro atoms. The number of nitrogens with zero attached hydrogens (tertiary/aromatic N) is 2. The Morgan fingerprint density at radius 1 is 1.16 bits per heavy atom. The number of imidazole rings is 1. The second-order valence-electron chi connectivity index (χ2n) is 9.36. The van der Waals surface area contributed by atoms with Gasteiger partial charge in [0.15, 0.2) is 11.5 Å². The van der Waals surface area contributed by atoms with Gasteiger partial charge in [-0.3, -0.25) is 14.5 Å². The molecule has 1 fully saturated rings. The molecule has 3 heterocycles. The van der Waals surface area contributed by atoms with Gasteiger partial charge in [0, 0.05) is 12.0 Å². The van der Waals surface area contributed by atoms with E-state index in [1.807, 2.05) is 25.1 Å². The third kappa shape index (κ3) is 3.75. The molecule has 4 aromatic rings.